The molecular formula is C95H109NO15. The summed E-state index contributed by atoms with van der Waals surface area (Å²) in [5.41, 5.74) is 8.53. The largest absolute Gasteiger partial charge is 0.497 e. The first-order chi connectivity index (χ1) is 54.7. The number of carbonyl (C=O) groups is 2. The van der Waals surface area contributed by atoms with Gasteiger partial charge in [-0.15, -0.1) is 0 Å². The number of fused-ring (bicyclic) bond motifs is 1. The molecule has 9 aromatic rings. The fraction of sp³-hybridized carbons (Fsp3) is 0.411. The van der Waals surface area contributed by atoms with Crippen molar-refractivity contribution in [2.45, 2.75) is 210 Å². The molecule has 16 nitrogen and oxygen atoms in total. The standard InChI is InChI=1S/C95H109NO15/c1-68-89(104-61-71-38-20-11-21-39-71)93(108-65-75-46-28-15-29-47-75)92(107-64-74-44-26-14-27-45-74)84(109-68)56-80-83(111-86(67-103-60-70-36-18-10-19-37-70)91(88(80)97)106-63-73-42-24-13-25-43-73)57-81-85(66-102-59-69-34-16-9-17-35-69)110-82(50-30-7-5-3-4-6-8-33-55-101-58-76-51-53-77(100-2)54-52-76)87(90(81)105-62-72-40-22-12-23-41-72)96-94(98)78-48-31-32-49-79(78)95(96)99/h9-29,31-32,34-49,51-54,68,80-93,97H,3-8,30,33,50,55-67H2,1-2H3/t68-,80-,81+,82-,83-,84-,85+,86+,87-,88+,89+,90-,91-,92+,93+/m0/s1. The molecule has 4 aliphatic heterocycles. The van der Waals surface area contributed by atoms with Gasteiger partial charge in [0.2, 0.25) is 0 Å². The minimum absolute atomic E-state index is 0.0592. The number of hydrogen-bond donors (Lipinski definition) is 1. The fourth-order valence-corrected chi connectivity index (χ4v) is 16.3. The van der Waals surface area contributed by atoms with Gasteiger partial charge < -0.3 is 61.9 Å². The predicted octanol–water partition coefficient (Wildman–Crippen LogP) is 17.4. The van der Waals surface area contributed by atoms with E-state index in [4.69, 9.17) is 56.8 Å². The summed E-state index contributed by atoms with van der Waals surface area (Å²) in [5, 5.41) is 14.0. The maximum atomic E-state index is 15.5. The van der Waals surface area contributed by atoms with Crippen molar-refractivity contribution in [1.29, 1.82) is 0 Å². The molecule has 0 radical (unpaired) electrons. The molecule has 2 amide bonds. The average molecular weight is 1500 g/mol. The van der Waals surface area contributed by atoms with Gasteiger partial charge in [0.25, 0.3) is 11.8 Å². The molecule has 0 saturated carbocycles. The molecule has 0 aliphatic carbocycles. The predicted molar refractivity (Wildman–Crippen MR) is 426 cm³/mol. The van der Waals surface area contributed by atoms with Crippen LogP contribution < -0.4 is 4.74 Å². The number of aliphatic hydroxyl groups is 1. The first-order valence-corrected chi connectivity index (χ1v) is 40.0. The lowest BCUT2D eigenvalue weighted by molar-refractivity contribution is -0.280. The summed E-state index contributed by atoms with van der Waals surface area (Å²) >= 11 is 0. The Labute approximate surface area is 655 Å². The van der Waals surface area contributed by atoms with Crippen LogP contribution in [0.4, 0.5) is 0 Å². The minimum Gasteiger partial charge on any atom is -0.497 e. The normalized spacial score (nSPS) is 24.5. The van der Waals surface area contributed by atoms with Crippen molar-refractivity contribution in [3.05, 3.63) is 316 Å². The van der Waals surface area contributed by atoms with Crippen LogP contribution in [0.3, 0.4) is 0 Å². The molecule has 111 heavy (non-hydrogen) atoms. The highest BCUT2D eigenvalue weighted by Crippen LogP contribution is 2.46. The summed E-state index contributed by atoms with van der Waals surface area (Å²) in [7, 11) is 1.67. The molecule has 0 spiro atoms. The molecule has 15 atom stereocenters. The number of methoxy groups -OCH3 is 1. The van der Waals surface area contributed by atoms with Gasteiger partial charge in [0, 0.05) is 18.4 Å². The lowest BCUT2D eigenvalue weighted by atomic mass is 9.73. The molecule has 13 rings (SSSR count). The van der Waals surface area contributed by atoms with E-state index < -0.39 is 103 Å². The van der Waals surface area contributed by atoms with Gasteiger partial charge in [-0.2, -0.15) is 0 Å². The zero-order valence-corrected chi connectivity index (χ0v) is 64.2. The van der Waals surface area contributed by atoms with Gasteiger partial charge in [0.1, 0.15) is 36.3 Å². The van der Waals surface area contributed by atoms with Crippen LogP contribution in [-0.2, 0) is 105 Å². The Balaban J connectivity index is 0.857. The third kappa shape index (κ3) is 22.7. The molecule has 9 aromatic carbocycles. The van der Waals surface area contributed by atoms with Crippen LogP contribution in [-0.4, -0.2) is 128 Å². The van der Waals surface area contributed by atoms with E-state index >= 15 is 9.59 Å². The van der Waals surface area contributed by atoms with Crippen molar-refractivity contribution >= 4 is 11.8 Å². The van der Waals surface area contributed by atoms with E-state index in [2.05, 4.69) is 12.1 Å². The number of ether oxygens (including phenoxy) is 12. The first kappa shape index (κ1) is 80.5. The number of amides is 2. The van der Waals surface area contributed by atoms with E-state index in [1.165, 1.54) is 4.90 Å². The zero-order valence-electron chi connectivity index (χ0n) is 64.2. The highest BCUT2D eigenvalue weighted by Gasteiger charge is 2.57. The highest BCUT2D eigenvalue weighted by molar-refractivity contribution is 6.21. The summed E-state index contributed by atoms with van der Waals surface area (Å²) in [6, 6.07) is 84.5. The second kappa shape index (κ2) is 42.4. The van der Waals surface area contributed by atoms with Gasteiger partial charge in [-0.1, -0.05) is 282 Å². The number of rotatable bonds is 42. The van der Waals surface area contributed by atoms with Gasteiger partial charge in [0.15, 0.2) is 0 Å². The Morgan fingerprint density at radius 2 is 0.703 bits per heavy atom. The Kier molecular flexibility index (Phi) is 30.7. The van der Waals surface area contributed by atoms with Gasteiger partial charge in [-0.25, -0.2) is 0 Å². The molecule has 1 N–H and O–H groups in total. The number of hydrogen-bond acceptors (Lipinski definition) is 15. The van der Waals surface area contributed by atoms with Crippen LogP contribution in [0.25, 0.3) is 0 Å². The monoisotopic (exact) mass is 1500 g/mol. The first-order valence-electron chi connectivity index (χ1n) is 40.0. The quantitative estimate of drug-likeness (QED) is 0.0283. The van der Waals surface area contributed by atoms with Crippen molar-refractivity contribution in [3.63, 3.8) is 0 Å². The zero-order chi connectivity index (χ0) is 76.2. The Hall–Kier alpha value is -8.56. The SMILES string of the molecule is COc1ccc(COCCCCCCCCCC[C@@H]2O[C@H](COCc3ccccc3)[C@@H](C[C@@H]3O[C@H](COCc4ccccc4)[C@H](OCc4ccccc4)[C@H](O)[C@H]3C[C@@H]3O[C@@H](C)[C@@H](OCc4ccccc4)[C@@H](OCc4ccccc4)[C@@H]3OCc3ccccc3)[C@H](OCc3ccccc3)[C@H]2N2C(=O)c3ccccc3C2=O)cc1. The summed E-state index contributed by atoms with van der Waals surface area (Å²) in [5.74, 6) is -1.39. The minimum atomic E-state index is -1.22. The number of aliphatic hydroxyl groups excluding tert-OH is 1. The molecule has 584 valence electrons. The van der Waals surface area contributed by atoms with Crippen molar-refractivity contribution in [3.8, 4) is 5.75 Å². The van der Waals surface area contributed by atoms with E-state index in [-0.39, 0.29) is 59.1 Å². The Morgan fingerprint density at radius 3 is 1.18 bits per heavy atom. The van der Waals surface area contributed by atoms with E-state index in [0.29, 0.717) is 44.0 Å². The van der Waals surface area contributed by atoms with Crippen molar-refractivity contribution in [2.75, 3.05) is 26.9 Å². The number of nitrogens with zero attached hydrogens (tertiary/aromatic N) is 1. The molecule has 4 aliphatic rings. The third-order valence-corrected chi connectivity index (χ3v) is 22.1. The second-order valence-electron chi connectivity index (χ2n) is 29.9. The number of benzene rings is 9. The summed E-state index contributed by atoms with van der Waals surface area (Å²) in [4.78, 5) is 32.5. The van der Waals surface area contributed by atoms with E-state index in [1.807, 2.05) is 231 Å². The second-order valence-corrected chi connectivity index (χ2v) is 29.9. The van der Waals surface area contributed by atoms with E-state index in [0.717, 1.165) is 102 Å². The lowest BCUT2D eigenvalue weighted by Gasteiger charge is -2.53. The number of unbranched alkanes of at least 4 members (excludes halogenated alkanes) is 7. The maximum absolute atomic E-state index is 15.5. The smallest absolute Gasteiger partial charge is 0.261 e. The van der Waals surface area contributed by atoms with Gasteiger partial charge >= 0.3 is 0 Å². The highest BCUT2D eigenvalue weighted by atomic mass is 16.6. The van der Waals surface area contributed by atoms with Gasteiger partial charge in [0.05, 0.1) is 133 Å². The molecular weight excluding hydrogens is 1400 g/mol. The fourth-order valence-electron chi connectivity index (χ4n) is 16.3. The number of imide groups is 1. The molecule has 3 saturated heterocycles. The van der Waals surface area contributed by atoms with Crippen molar-refractivity contribution in [2.24, 2.45) is 11.8 Å². The Bertz CT molecular complexity index is 4120. The average Bonchev–Trinajstić information content (AvgIpc) is 1.68. The third-order valence-electron chi connectivity index (χ3n) is 22.1. The summed E-state index contributed by atoms with van der Waals surface area (Å²) in [6.07, 6.45) is -0.401. The summed E-state index contributed by atoms with van der Waals surface area (Å²) < 4.78 is 84.1. The van der Waals surface area contributed by atoms with E-state index in [1.54, 1.807) is 31.4 Å². The van der Waals surface area contributed by atoms with Crippen molar-refractivity contribution < 1.29 is 71.5 Å². The molecule has 4 heterocycles. The maximum Gasteiger partial charge on any atom is 0.261 e. The van der Waals surface area contributed by atoms with E-state index in [9.17, 15) is 5.11 Å². The van der Waals surface area contributed by atoms with Crippen LogP contribution in [0.1, 0.15) is 143 Å². The van der Waals surface area contributed by atoms with Crippen LogP contribution in [0.5, 0.6) is 5.75 Å². The molecule has 0 unspecified atom stereocenters. The van der Waals surface area contributed by atoms with Crippen LogP contribution in [0, 0.1) is 11.8 Å². The Morgan fingerprint density at radius 1 is 0.333 bits per heavy atom. The van der Waals surface area contributed by atoms with Crippen LogP contribution >= 0.6 is 0 Å². The molecule has 0 bridgehead atoms. The molecule has 16 heteroatoms. The van der Waals surface area contributed by atoms with Crippen LogP contribution in [0.15, 0.2) is 261 Å². The molecule has 0 aromatic heterocycles. The van der Waals surface area contributed by atoms with Gasteiger partial charge in [-0.05, 0) is 101 Å². The summed E-state index contributed by atoms with van der Waals surface area (Å²) in [6.45, 7) is 5.18. The lowest BCUT2D eigenvalue weighted by Crippen LogP contribution is -2.65. The van der Waals surface area contributed by atoms with Gasteiger partial charge in [-0.3, -0.25) is 14.5 Å². The topological polar surface area (TPSA) is 168 Å². The number of carbonyl (C=O) groups excluding carboxylic acids is 2. The molecule has 3 fully saturated rings. The van der Waals surface area contributed by atoms with Crippen molar-refractivity contribution in [1.82, 2.24) is 4.90 Å². The van der Waals surface area contributed by atoms with Crippen LogP contribution in [0.2, 0.25) is 0 Å².